The first kappa shape index (κ1) is 26.6. The minimum Gasteiger partial charge on any atom is -0.496 e. The second-order valence-electron chi connectivity index (χ2n) is 8.78. The number of aryl methyl sites for hydroxylation is 2. The van der Waals surface area contributed by atoms with Gasteiger partial charge in [0.05, 0.1) is 25.0 Å². The second kappa shape index (κ2) is 11.6. The number of amides is 2. The van der Waals surface area contributed by atoms with Gasteiger partial charge in [-0.1, -0.05) is 0 Å². The molecule has 0 bridgehead atoms. The molecule has 0 radical (unpaired) electrons. The Balaban J connectivity index is 1.77. The first-order valence-electron chi connectivity index (χ1n) is 11.6. The number of hydrogen-bond donors (Lipinski definition) is 2. The Hall–Kier alpha value is -3.01. The highest BCUT2D eigenvalue weighted by atomic mass is 32.2. The van der Waals surface area contributed by atoms with Gasteiger partial charge in [-0.15, -0.1) is 0 Å². The molecule has 2 aromatic rings. The number of fused-ring (bicyclic) bond motifs is 1. The van der Waals surface area contributed by atoms with Gasteiger partial charge in [0.25, 0.3) is 0 Å². The monoisotopic (exact) mass is 504 g/mol. The van der Waals surface area contributed by atoms with Gasteiger partial charge in [-0.2, -0.15) is 11.8 Å². The fourth-order valence-electron chi connectivity index (χ4n) is 4.46. The quantitative estimate of drug-likeness (QED) is 0.499. The number of thioether (sulfide) groups is 1. The maximum atomic E-state index is 13.1. The van der Waals surface area contributed by atoms with E-state index in [-0.39, 0.29) is 17.9 Å². The molecule has 10 heteroatoms. The van der Waals surface area contributed by atoms with Crippen molar-refractivity contribution in [2.75, 3.05) is 32.2 Å². The first-order valence-corrected chi connectivity index (χ1v) is 13.0. The highest BCUT2D eigenvalue weighted by molar-refractivity contribution is 7.98. The summed E-state index contributed by atoms with van der Waals surface area (Å²) < 4.78 is 10.8. The summed E-state index contributed by atoms with van der Waals surface area (Å²) in [6.07, 6.45) is 2.94. The Bertz CT molecular complexity index is 1170. The van der Waals surface area contributed by atoms with Crippen molar-refractivity contribution in [3.8, 4) is 5.75 Å². The minimum absolute atomic E-state index is 0.209. The molecule has 9 nitrogen and oxygen atoms in total. The van der Waals surface area contributed by atoms with Gasteiger partial charge >= 0.3 is 11.6 Å². The van der Waals surface area contributed by atoms with Crippen molar-refractivity contribution in [3.63, 3.8) is 0 Å². The summed E-state index contributed by atoms with van der Waals surface area (Å²) in [5, 5.41) is 12.7. The van der Waals surface area contributed by atoms with E-state index in [0.29, 0.717) is 60.6 Å². The second-order valence-corrected chi connectivity index (χ2v) is 9.76. The van der Waals surface area contributed by atoms with Gasteiger partial charge in [0.1, 0.15) is 17.4 Å². The number of ether oxygens (including phenoxy) is 1. The number of benzene rings is 1. The third kappa shape index (κ3) is 5.98. The Labute approximate surface area is 208 Å². The summed E-state index contributed by atoms with van der Waals surface area (Å²) in [6.45, 7) is 4.27. The van der Waals surface area contributed by atoms with Gasteiger partial charge < -0.3 is 24.5 Å². The summed E-state index contributed by atoms with van der Waals surface area (Å²) in [7, 11) is 1.54. The number of aliphatic carboxylic acids is 1. The number of nitrogens with zero attached hydrogens (tertiary/aromatic N) is 1. The van der Waals surface area contributed by atoms with Gasteiger partial charge in [-0.3, -0.25) is 14.4 Å². The molecule has 0 aliphatic carbocycles. The number of carboxylic acids is 1. The van der Waals surface area contributed by atoms with Gasteiger partial charge in [0, 0.05) is 24.0 Å². The molecule has 1 aliphatic rings. The number of nitrogens with one attached hydrogen (secondary N) is 1. The average molecular weight is 505 g/mol. The fraction of sp³-hybridized carbons (Fsp3) is 0.520. The largest absolute Gasteiger partial charge is 0.496 e. The van der Waals surface area contributed by atoms with Crippen LogP contribution in [0.15, 0.2) is 21.3 Å². The lowest BCUT2D eigenvalue weighted by Gasteiger charge is -2.33. The molecular formula is C25H32N2O7S. The molecule has 2 heterocycles. The van der Waals surface area contributed by atoms with Crippen LogP contribution in [0.25, 0.3) is 11.0 Å². The normalized spacial score (nSPS) is 15.1. The highest BCUT2D eigenvalue weighted by Gasteiger charge is 2.31. The average Bonchev–Trinajstić information content (AvgIpc) is 2.84. The van der Waals surface area contributed by atoms with E-state index in [4.69, 9.17) is 9.15 Å². The Morgan fingerprint density at radius 3 is 2.51 bits per heavy atom. The zero-order chi connectivity index (χ0) is 25.7. The predicted octanol–water partition coefficient (Wildman–Crippen LogP) is 2.52. The van der Waals surface area contributed by atoms with Crippen LogP contribution in [0, 0.1) is 19.8 Å². The van der Waals surface area contributed by atoms with Crippen molar-refractivity contribution in [1.82, 2.24) is 10.2 Å². The molecule has 3 rings (SSSR count). The molecule has 2 amide bonds. The van der Waals surface area contributed by atoms with E-state index < -0.39 is 29.5 Å². The molecule has 0 spiro atoms. The van der Waals surface area contributed by atoms with Crippen LogP contribution in [0.1, 0.15) is 36.0 Å². The van der Waals surface area contributed by atoms with E-state index in [2.05, 4.69) is 5.32 Å². The van der Waals surface area contributed by atoms with E-state index in [1.807, 2.05) is 6.26 Å². The smallest absolute Gasteiger partial charge is 0.340 e. The topological polar surface area (TPSA) is 126 Å². The summed E-state index contributed by atoms with van der Waals surface area (Å²) in [6, 6.07) is 2.85. The van der Waals surface area contributed by atoms with Crippen LogP contribution in [-0.2, 0) is 20.8 Å². The maximum absolute atomic E-state index is 13.1. The molecule has 190 valence electrons. The number of hydrogen-bond acceptors (Lipinski definition) is 7. The number of carboxylic acid groups (broad SMARTS) is 1. The SMILES string of the molecule is COc1ccc2c(C)c(CC(=O)NC(CCSC)C(=O)N3CCC(C(=O)O)CC3)c(=O)oc2c1C. The fourth-order valence-corrected chi connectivity index (χ4v) is 4.93. The van der Waals surface area contributed by atoms with Crippen molar-refractivity contribution < 1.29 is 28.6 Å². The summed E-state index contributed by atoms with van der Waals surface area (Å²) in [5.41, 5.74) is 1.44. The molecule has 1 saturated heterocycles. The van der Waals surface area contributed by atoms with E-state index in [1.54, 1.807) is 49.8 Å². The number of likely N-dealkylation sites (tertiary alicyclic amines) is 1. The molecular weight excluding hydrogens is 472 g/mol. The summed E-state index contributed by atoms with van der Waals surface area (Å²) in [5.74, 6) is -0.681. The molecule has 2 N–H and O–H groups in total. The molecule has 1 atom stereocenters. The number of rotatable bonds is 9. The number of methoxy groups -OCH3 is 1. The van der Waals surface area contributed by atoms with Gasteiger partial charge in [-0.25, -0.2) is 4.79 Å². The molecule has 35 heavy (non-hydrogen) atoms. The molecule has 1 aliphatic heterocycles. The van der Waals surface area contributed by atoms with Crippen molar-refractivity contribution in [2.45, 2.75) is 45.6 Å². The zero-order valence-corrected chi connectivity index (χ0v) is 21.3. The maximum Gasteiger partial charge on any atom is 0.340 e. The van der Waals surface area contributed by atoms with Crippen molar-refractivity contribution >= 4 is 40.5 Å². The standard InChI is InChI=1S/C25H32N2O7S/c1-14-17-5-6-20(33-3)15(2)22(17)34-25(32)18(14)13-21(28)26-19(9-12-35-4)23(29)27-10-7-16(8-11-27)24(30)31/h5-6,16,19H,7-13H2,1-4H3,(H,26,28)(H,30,31). The van der Waals surface area contributed by atoms with E-state index in [9.17, 15) is 24.3 Å². The zero-order valence-electron chi connectivity index (χ0n) is 20.5. The molecule has 1 unspecified atom stereocenters. The minimum atomic E-state index is -0.845. The number of piperidine rings is 1. The third-order valence-electron chi connectivity index (χ3n) is 6.61. The van der Waals surface area contributed by atoms with Crippen LogP contribution >= 0.6 is 11.8 Å². The van der Waals surface area contributed by atoms with Crippen LogP contribution in [0.5, 0.6) is 5.75 Å². The number of carbonyl (C=O) groups is 3. The lowest BCUT2D eigenvalue weighted by Crippen LogP contribution is -2.51. The molecule has 1 aromatic heterocycles. The number of carbonyl (C=O) groups excluding carboxylic acids is 2. The summed E-state index contributed by atoms with van der Waals surface area (Å²) in [4.78, 5) is 51.7. The van der Waals surface area contributed by atoms with Crippen LogP contribution in [-0.4, -0.2) is 66.0 Å². The Morgan fingerprint density at radius 1 is 1.23 bits per heavy atom. The highest BCUT2D eigenvalue weighted by Crippen LogP contribution is 2.29. The van der Waals surface area contributed by atoms with Gasteiger partial charge in [0.15, 0.2) is 0 Å². The predicted molar refractivity (Wildman–Crippen MR) is 134 cm³/mol. The van der Waals surface area contributed by atoms with E-state index >= 15 is 0 Å². The van der Waals surface area contributed by atoms with Crippen molar-refractivity contribution in [2.24, 2.45) is 5.92 Å². The summed E-state index contributed by atoms with van der Waals surface area (Å²) >= 11 is 1.56. The Morgan fingerprint density at radius 2 is 1.91 bits per heavy atom. The van der Waals surface area contributed by atoms with Crippen LogP contribution in [0.3, 0.4) is 0 Å². The van der Waals surface area contributed by atoms with Gasteiger partial charge in [-0.05, 0) is 62.8 Å². The van der Waals surface area contributed by atoms with Crippen LogP contribution < -0.4 is 15.7 Å². The lowest BCUT2D eigenvalue weighted by atomic mass is 9.96. The van der Waals surface area contributed by atoms with Crippen molar-refractivity contribution in [3.05, 3.63) is 39.2 Å². The third-order valence-corrected chi connectivity index (χ3v) is 7.26. The lowest BCUT2D eigenvalue weighted by molar-refractivity contribution is -0.146. The first-order chi connectivity index (χ1) is 16.7. The van der Waals surface area contributed by atoms with E-state index in [1.165, 1.54) is 0 Å². The van der Waals surface area contributed by atoms with Crippen LogP contribution in [0.2, 0.25) is 0 Å². The molecule has 0 saturated carbocycles. The molecule has 1 fully saturated rings. The molecule has 1 aromatic carbocycles. The van der Waals surface area contributed by atoms with Crippen LogP contribution in [0.4, 0.5) is 0 Å². The van der Waals surface area contributed by atoms with E-state index in [0.717, 1.165) is 5.39 Å². The Kier molecular flexibility index (Phi) is 8.82. The van der Waals surface area contributed by atoms with Gasteiger partial charge in [0.2, 0.25) is 11.8 Å². The van der Waals surface area contributed by atoms with Crippen molar-refractivity contribution in [1.29, 1.82) is 0 Å².